The summed E-state index contributed by atoms with van der Waals surface area (Å²) >= 11 is 1.30. The molecule has 0 unspecified atom stereocenters. The normalized spacial score (nSPS) is 10.4. The van der Waals surface area contributed by atoms with Gasteiger partial charge in [0.15, 0.2) is 5.16 Å². The zero-order valence-electron chi connectivity index (χ0n) is 11.2. The predicted molar refractivity (Wildman–Crippen MR) is 81.6 cm³/mol. The number of nitrogen functional groups attached to an aromatic ring is 3. The summed E-state index contributed by atoms with van der Waals surface area (Å²) in [5.41, 5.74) is 17.9. The highest BCUT2D eigenvalue weighted by Gasteiger charge is 2.10. The number of hydrogen-bond donors (Lipinski definition) is 3. The fourth-order valence-corrected chi connectivity index (χ4v) is 2.41. The minimum atomic E-state index is 0.331. The van der Waals surface area contributed by atoms with E-state index in [4.69, 9.17) is 21.9 Å². The molecule has 0 atom stereocenters. The van der Waals surface area contributed by atoms with E-state index in [-0.39, 0.29) is 0 Å². The molecule has 20 heavy (non-hydrogen) atoms. The van der Waals surface area contributed by atoms with Crippen molar-refractivity contribution in [2.45, 2.75) is 23.4 Å². The predicted octanol–water partition coefficient (Wildman–Crippen LogP) is 2.16. The van der Waals surface area contributed by atoms with E-state index in [0.29, 0.717) is 34.8 Å². The summed E-state index contributed by atoms with van der Waals surface area (Å²) in [5, 5.41) is 0.460. The molecule has 0 amide bonds. The van der Waals surface area contributed by atoms with Gasteiger partial charge in [0.2, 0.25) is 0 Å². The van der Waals surface area contributed by atoms with Gasteiger partial charge < -0.3 is 21.9 Å². The van der Waals surface area contributed by atoms with Gasteiger partial charge in [-0.25, -0.2) is 9.97 Å². The Hall–Kier alpha value is -2.15. The molecule has 2 aromatic rings. The highest BCUT2D eigenvalue weighted by molar-refractivity contribution is 7.99. The third-order valence-corrected chi connectivity index (χ3v) is 3.38. The molecule has 6 nitrogen and oxygen atoms in total. The first-order chi connectivity index (χ1) is 9.60. The van der Waals surface area contributed by atoms with Gasteiger partial charge in [0, 0.05) is 11.0 Å². The molecule has 106 valence electrons. The summed E-state index contributed by atoms with van der Waals surface area (Å²) in [6.45, 7) is 2.66. The molecule has 0 saturated heterocycles. The number of para-hydroxylation sites is 1. The molecule has 0 radical (unpaired) electrons. The van der Waals surface area contributed by atoms with Gasteiger partial charge in [0.05, 0.1) is 12.3 Å². The number of hydrogen-bond acceptors (Lipinski definition) is 7. The van der Waals surface area contributed by atoms with Gasteiger partial charge in [0.25, 0.3) is 0 Å². The van der Waals surface area contributed by atoms with Crippen molar-refractivity contribution in [3.8, 4) is 5.75 Å². The van der Waals surface area contributed by atoms with Crippen molar-refractivity contribution >= 4 is 29.1 Å². The first kappa shape index (κ1) is 14.3. The second-order valence-corrected chi connectivity index (χ2v) is 5.13. The Morgan fingerprint density at radius 1 is 1.15 bits per heavy atom. The second-order valence-electron chi connectivity index (χ2n) is 4.12. The molecule has 6 N–H and O–H groups in total. The molecule has 0 aliphatic carbocycles. The molecular formula is C13H17N5OS. The van der Waals surface area contributed by atoms with Crippen LogP contribution in [-0.2, 0) is 0 Å². The third-order valence-electron chi connectivity index (χ3n) is 2.43. The third kappa shape index (κ3) is 3.45. The number of rotatable bonds is 5. The van der Waals surface area contributed by atoms with Crippen molar-refractivity contribution in [2.75, 3.05) is 23.8 Å². The van der Waals surface area contributed by atoms with E-state index >= 15 is 0 Å². The SMILES string of the molecule is CCCOc1cccc(Sc2nc(N)cc(N)n2)c1N. The Kier molecular flexibility index (Phi) is 4.52. The van der Waals surface area contributed by atoms with Crippen LogP contribution < -0.4 is 21.9 Å². The van der Waals surface area contributed by atoms with Crippen LogP contribution in [0.1, 0.15) is 13.3 Å². The first-order valence-electron chi connectivity index (χ1n) is 6.19. The first-order valence-corrected chi connectivity index (χ1v) is 7.01. The molecule has 2 rings (SSSR count). The van der Waals surface area contributed by atoms with Crippen LogP contribution in [-0.4, -0.2) is 16.6 Å². The van der Waals surface area contributed by atoms with Crippen LogP contribution in [0.5, 0.6) is 5.75 Å². The van der Waals surface area contributed by atoms with Crippen molar-refractivity contribution in [1.29, 1.82) is 0 Å². The summed E-state index contributed by atoms with van der Waals surface area (Å²) < 4.78 is 5.58. The molecule has 0 aliphatic rings. The van der Waals surface area contributed by atoms with E-state index in [1.807, 2.05) is 25.1 Å². The smallest absolute Gasteiger partial charge is 0.196 e. The average molecular weight is 291 g/mol. The van der Waals surface area contributed by atoms with Gasteiger partial charge in [-0.15, -0.1) is 0 Å². The number of aromatic nitrogens is 2. The monoisotopic (exact) mass is 291 g/mol. The van der Waals surface area contributed by atoms with E-state index < -0.39 is 0 Å². The molecule has 1 aromatic carbocycles. The van der Waals surface area contributed by atoms with Gasteiger partial charge in [-0.05, 0) is 30.3 Å². The van der Waals surface area contributed by atoms with E-state index in [0.717, 1.165) is 11.3 Å². The molecular weight excluding hydrogens is 274 g/mol. The number of nitrogens with two attached hydrogens (primary N) is 3. The summed E-state index contributed by atoms with van der Waals surface area (Å²) in [6, 6.07) is 7.10. The van der Waals surface area contributed by atoms with Gasteiger partial charge >= 0.3 is 0 Å². The van der Waals surface area contributed by atoms with Crippen LogP contribution in [0.2, 0.25) is 0 Å². The number of anilines is 3. The Bertz CT molecular complexity index is 585. The lowest BCUT2D eigenvalue weighted by Gasteiger charge is -2.11. The van der Waals surface area contributed by atoms with Crippen LogP contribution in [0, 0.1) is 0 Å². The summed E-state index contributed by atoms with van der Waals surface area (Å²) in [7, 11) is 0. The molecule has 0 spiro atoms. The van der Waals surface area contributed by atoms with Crippen LogP contribution >= 0.6 is 11.8 Å². The second kappa shape index (κ2) is 6.33. The lowest BCUT2D eigenvalue weighted by molar-refractivity contribution is 0.318. The van der Waals surface area contributed by atoms with Crippen LogP contribution in [0.15, 0.2) is 34.3 Å². The quantitative estimate of drug-likeness (QED) is 0.571. The van der Waals surface area contributed by atoms with E-state index in [1.165, 1.54) is 17.8 Å². The zero-order chi connectivity index (χ0) is 14.5. The highest BCUT2D eigenvalue weighted by Crippen LogP contribution is 2.36. The standard InChI is InChI=1S/C13H17N5OS/c1-2-6-19-8-4-3-5-9(12(8)16)20-13-17-10(14)7-11(15)18-13/h3-5,7H,2,6,16H2,1H3,(H4,14,15,17,18). The molecule has 1 aromatic heterocycles. The summed E-state index contributed by atoms with van der Waals surface area (Å²) in [6.07, 6.45) is 0.922. The van der Waals surface area contributed by atoms with Gasteiger partial charge in [-0.3, -0.25) is 0 Å². The Balaban J connectivity index is 2.24. The maximum absolute atomic E-state index is 6.08. The minimum Gasteiger partial charge on any atom is -0.491 e. The van der Waals surface area contributed by atoms with Crippen molar-refractivity contribution in [3.63, 3.8) is 0 Å². The van der Waals surface area contributed by atoms with E-state index in [9.17, 15) is 0 Å². The number of ether oxygens (including phenoxy) is 1. The lowest BCUT2D eigenvalue weighted by Crippen LogP contribution is -2.01. The van der Waals surface area contributed by atoms with Crippen LogP contribution in [0.4, 0.5) is 17.3 Å². The lowest BCUT2D eigenvalue weighted by atomic mass is 10.3. The average Bonchev–Trinajstić information content (AvgIpc) is 2.38. The fourth-order valence-electron chi connectivity index (χ4n) is 1.56. The largest absolute Gasteiger partial charge is 0.491 e. The zero-order valence-corrected chi connectivity index (χ0v) is 12.0. The Morgan fingerprint density at radius 2 is 1.85 bits per heavy atom. The van der Waals surface area contributed by atoms with Gasteiger partial charge in [-0.1, -0.05) is 13.0 Å². The van der Waals surface area contributed by atoms with Crippen LogP contribution in [0.3, 0.4) is 0 Å². The fraction of sp³-hybridized carbons (Fsp3) is 0.231. The van der Waals surface area contributed by atoms with Gasteiger partial charge in [0.1, 0.15) is 17.4 Å². The summed E-state index contributed by atoms with van der Waals surface area (Å²) in [4.78, 5) is 9.04. The maximum atomic E-state index is 6.08. The van der Waals surface area contributed by atoms with Crippen molar-refractivity contribution in [3.05, 3.63) is 24.3 Å². The summed E-state index contributed by atoms with van der Waals surface area (Å²) in [5.74, 6) is 1.32. The maximum Gasteiger partial charge on any atom is 0.196 e. The molecule has 1 heterocycles. The minimum absolute atomic E-state index is 0.331. The number of nitrogens with zero attached hydrogens (tertiary/aromatic N) is 2. The topological polar surface area (TPSA) is 113 Å². The molecule has 0 fully saturated rings. The van der Waals surface area contributed by atoms with Crippen molar-refractivity contribution in [2.24, 2.45) is 0 Å². The molecule has 0 saturated carbocycles. The number of benzene rings is 1. The molecule has 0 bridgehead atoms. The van der Waals surface area contributed by atoms with Crippen molar-refractivity contribution in [1.82, 2.24) is 9.97 Å². The Labute approximate surface area is 121 Å². The van der Waals surface area contributed by atoms with Crippen LogP contribution in [0.25, 0.3) is 0 Å². The van der Waals surface area contributed by atoms with Gasteiger partial charge in [-0.2, -0.15) is 0 Å². The molecule has 7 heteroatoms. The highest BCUT2D eigenvalue weighted by atomic mass is 32.2. The molecule has 0 aliphatic heterocycles. The van der Waals surface area contributed by atoms with Crippen molar-refractivity contribution < 1.29 is 4.74 Å². The Morgan fingerprint density at radius 3 is 2.50 bits per heavy atom. The van der Waals surface area contributed by atoms with E-state index in [2.05, 4.69) is 9.97 Å². The van der Waals surface area contributed by atoms with E-state index in [1.54, 1.807) is 0 Å².